The van der Waals surface area contributed by atoms with Gasteiger partial charge >= 0.3 is 0 Å². The highest BCUT2D eigenvalue weighted by Gasteiger charge is 2.16. The van der Waals surface area contributed by atoms with Gasteiger partial charge in [0.15, 0.2) is 6.10 Å². The van der Waals surface area contributed by atoms with Gasteiger partial charge in [-0.25, -0.2) is 4.98 Å². The number of amides is 1. The summed E-state index contributed by atoms with van der Waals surface area (Å²) in [7, 11) is 0. The van der Waals surface area contributed by atoms with E-state index in [1.807, 2.05) is 48.7 Å². The second-order valence-corrected chi connectivity index (χ2v) is 6.01. The molecule has 1 aromatic heterocycles. The predicted octanol–water partition coefficient (Wildman–Crippen LogP) is 3.48. The van der Waals surface area contributed by atoms with Crippen molar-refractivity contribution in [2.24, 2.45) is 0 Å². The van der Waals surface area contributed by atoms with Gasteiger partial charge in [-0.2, -0.15) is 0 Å². The van der Waals surface area contributed by atoms with E-state index in [0.29, 0.717) is 11.6 Å². The molecule has 0 radical (unpaired) electrons. The molecule has 2 heterocycles. The number of ether oxygens (including phenoxy) is 1. The Bertz CT molecular complexity index is 652. The summed E-state index contributed by atoms with van der Waals surface area (Å²) < 4.78 is 5.62. The van der Waals surface area contributed by atoms with E-state index >= 15 is 0 Å². The number of para-hydroxylation sites is 1. The topological polar surface area (TPSA) is 54.5 Å². The third-order valence-electron chi connectivity index (χ3n) is 4.15. The Labute approximate surface area is 142 Å². The lowest BCUT2D eigenvalue weighted by molar-refractivity contribution is -0.122. The SMILES string of the molecule is CC(Oc1ccccc1)C(=O)Nc1ccc(N2CCCCC2)cn1. The van der Waals surface area contributed by atoms with Crippen LogP contribution in [0.25, 0.3) is 0 Å². The Balaban J connectivity index is 1.55. The molecule has 1 saturated heterocycles. The maximum Gasteiger partial charge on any atom is 0.266 e. The number of carbonyl (C=O) groups excluding carboxylic acids is 1. The molecule has 126 valence electrons. The molecule has 0 aliphatic carbocycles. The normalized spacial score (nSPS) is 15.6. The van der Waals surface area contributed by atoms with Gasteiger partial charge in [0.25, 0.3) is 5.91 Å². The molecule has 2 aromatic rings. The summed E-state index contributed by atoms with van der Waals surface area (Å²) in [6, 6.07) is 13.2. The molecule has 1 atom stereocenters. The number of carbonyl (C=O) groups is 1. The minimum absolute atomic E-state index is 0.211. The van der Waals surface area contributed by atoms with Gasteiger partial charge in [-0.1, -0.05) is 18.2 Å². The van der Waals surface area contributed by atoms with Crippen LogP contribution in [0.2, 0.25) is 0 Å². The molecule has 1 fully saturated rings. The molecule has 5 heteroatoms. The number of anilines is 2. The molecule has 1 aromatic carbocycles. The molecular formula is C19H23N3O2. The van der Waals surface area contributed by atoms with E-state index in [2.05, 4.69) is 15.2 Å². The molecule has 0 saturated carbocycles. The Morgan fingerprint density at radius 1 is 1.12 bits per heavy atom. The summed E-state index contributed by atoms with van der Waals surface area (Å²) in [5, 5.41) is 2.80. The first-order chi connectivity index (χ1) is 11.7. The van der Waals surface area contributed by atoms with Gasteiger partial charge in [0.2, 0.25) is 0 Å². The summed E-state index contributed by atoms with van der Waals surface area (Å²) in [5.74, 6) is 1.01. The average Bonchev–Trinajstić information content (AvgIpc) is 2.64. The highest BCUT2D eigenvalue weighted by Crippen LogP contribution is 2.20. The Morgan fingerprint density at radius 3 is 2.54 bits per heavy atom. The molecule has 24 heavy (non-hydrogen) atoms. The first-order valence-electron chi connectivity index (χ1n) is 8.46. The van der Waals surface area contributed by atoms with Crippen molar-refractivity contribution in [2.45, 2.75) is 32.3 Å². The van der Waals surface area contributed by atoms with Crippen molar-refractivity contribution in [3.63, 3.8) is 0 Å². The minimum Gasteiger partial charge on any atom is -0.481 e. The number of aromatic nitrogens is 1. The second-order valence-electron chi connectivity index (χ2n) is 6.01. The van der Waals surface area contributed by atoms with Crippen LogP contribution in [-0.2, 0) is 4.79 Å². The molecule has 5 nitrogen and oxygen atoms in total. The third-order valence-corrected chi connectivity index (χ3v) is 4.15. The van der Waals surface area contributed by atoms with Crippen LogP contribution in [-0.4, -0.2) is 30.1 Å². The number of rotatable bonds is 5. The number of hydrogen-bond acceptors (Lipinski definition) is 4. The maximum atomic E-state index is 12.2. The molecular weight excluding hydrogens is 302 g/mol. The number of benzene rings is 1. The summed E-state index contributed by atoms with van der Waals surface area (Å²) in [6.45, 7) is 3.88. The van der Waals surface area contributed by atoms with Crippen LogP contribution in [0.15, 0.2) is 48.7 Å². The lowest BCUT2D eigenvalue weighted by Gasteiger charge is -2.28. The minimum atomic E-state index is -0.587. The van der Waals surface area contributed by atoms with E-state index in [0.717, 1.165) is 18.8 Å². The highest BCUT2D eigenvalue weighted by molar-refractivity contribution is 5.93. The van der Waals surface area contributed by atoms with Crippen molar-refractivity contribution in [3.05, 3.63) is 48.7 Å². The predicted molar refractivity (Wildman–Crippen MR) is 95.5 cm³/mol. The summed E-state index contributed by atoms with van der Waals surface area (Å²) in [5.41, 5.74) is 1.11. The molecule has 1 N–H and O–H groups in total. The third kappa shape index (κ3) is 4.25. The first kappa shape index (κ1) is 16.3. The smallest absolute Gasteiger partial charge is 0.266 e. The molecule has 0 bridgehead atoms. The number of pyridine rings is 1. The van der Waals surface area contributed by atoms with E-state index in [1.54, 1.807) is 6.92 Å². The quantitative estimate of drug-likeness (QED) is 0.914. The summed E-state index contributed by atoms with van der Waals surface area (Å²) >= 11 is 0. The molecule has 1 aliphatic rings. The fourth-order valence-corrected chi connectivity index (χ4v) is 2.78. The molecule has 3 rings (SSSR count). The van der Waals surface area contributed by atoms with Gasteiger partial charge in [0.1, 0.15) is 11.6 Å². The molecule has 1 aliphatic heterocycles. The van der Waals surface area contributed by atoms with E-state index in [1.165, 1.54) is 19.3 Å². The Hall–Kier alpha value is -2.56. The molecule has 1 amide bonds. The van der Waals surface area contributed by atoms with Crippen molar-refractivity contribution >= 4 is 17.4 Å². The Morgan fingerprint density at radius 2 is 1.88 bits per heavy atom. The van der Waals surface area contributed by atoms with Crippen molar-refractivity contribution in [3.8, 4) is 5.75 Å². The van der Waals surface area contributed by atoms with Crippen LogP contribution in [0.3, 0.4) is 0 Å². The number of hydrogen-bond donors (Lipinski definition) is 1. The van der Waals surface area contributed by atoms with Gasteiger partial charge in [0, 0.05) is 13.1 Å². The standard InChI is InChI=1S/C19H23N3O2/c1-15(24-17-8-4-2-5-9-17)19(23)21-18-11-10-16(14-20-18)22-12-6-3-7-13-22/h2,4-5,8-11,14-15H,3,6-7,12-13H2,1H3,(H,20,21,23). The van der Waals surface area contributed by atoms with Gasteiger partial charge in [-0.3, -0.25) is 4.79 Å². The van der Waals surface area contributed by atoms with Crippen molar-refractivity contribution in [1.82, 2.24) is 4.98 Å². The number of nitrogens with one attached hydrogen (secondary N) is 1. The van der Waals surface area contributed by atoms with Crippen LogP contribution in [0.1, 0.15) is 26.2 Å². The average molecular weight is 325 g/mol. The fraction of sp³-hybridized carbons (Fsp3) is 0.368. The summed E-state index contributed by atoms with van der Waals surface area (Å²) in [4.78, 5) is 18.9. The van der Waals surface area contributed by atoms with Crippen LogP contribution < -0.4 is 15.0 Å². The van der Waals surface area contributed by atoms with Gasteiger partial charge < -0.3 is 15.0 Å². The lowest BCUT2D eigenvalue weighted by atomic mass is 10.1. The number of nitrogens with zero attached hydrogens (tertiary/aromatic N) is 2. The van der Waals surface area contributed by atoms with Crippen LogP contribution in [0.4, 0.5) is 11.5 Å². The fourth-order valence-electron chi connectivity index (χ4n) is 2.78. The van der Waals surface area contributed by atoms with Gasteiger partial charge in [-0.15, -0.1) is 0 Å². The van der Waals surface area contributed by atoms with E-state index < -0.39 is 6.10 Å². The van der Waals surface area contributed by atoms with Crippen LogP contribution in [0, 0.1) is 0 Å². The zero-order chi connectivity index (χ0) is 16.8. The summed E-state index contributed by atoms with van der Waals surface area (Å²) in [6.07, 6.45) is 5.00. The Kier molecular flexibility index (Phi) is 5.31. The zero-order valence-corrected chi connectivity index (χ0v) is 13.9. The highest BCUT2D eigenvalue weighted by atomic mass is 16.5. The van der Waals surface area contributed by atoms with Crippen LogP contribution in [0.5, 0.6) is 5.75 Å². The maximum absolute atomic E-state index is 12.2. The van der Waals surface area contributed by atoms with Gasteiger partial charge in [0.05, 0.1) is 11.9 Å². The zero-order valence-electron chi connectivity index (χ0n) is 13.9. The molecule has 1 unspecified atom stereocenters. The van der Waals surface area contributed by atoms with E-state index in [-0.39, 0.29) is 5.91 Å². The number of piperidine rings is 1. The molecule has 0 spiro atoms. The van der Waals surface area contributed by atoms with Crippen molar-refractivity contribution in [1.29, 1.82) is 0 Å². The monoisotopic (exact) mass is 325 g/mol. The van der Waals surface area contributed by atoms with E-state index in [9.17, 15) is 4.79 Å². The first-order valence-corrected chi connectivity index (χ1v) is 8.46. The largest absolute Gasteiger partial charge is 0.481 e. The lowest BCUT2D eigenvalue weighted by Crippen LogP contribution is -2.31. The van der Waals surface area contributed by atoms with Gasteiger partial charge in [-0.05, 0) is 50.5 Å². The van der Waals surface area contributed by atoms with Crippen molar-refractivity contribution < 1.29 is 9.53 Å². The second kappa shape index (κ2) is 7.81. The van der Waals surface area contributed by atoms with E-state index in [4.69, 9.17) is 4.74 Å². The van der Waals surface area contributed by atoms with Crippen molar-refractivity contribution in [2.75, 3.05) is 23.3 Å². The van der Waals surface area contributed by atoms with Crippen LogP contribution >= 0.6 is 0 Å².